The molecule has 4 rings (SSSR count). The van der Waals surface area contributed by atoms with E-state index < -0.39 is 28.5 Å². The second-order valence-electron chi connectivity index (χ2n) is 12.2. The number of aryl methyl sites for hydroxylation is 1. The molecule has 9 heteroatoms. The predicted molar refractivity (Wildman–Crippen MR) is 149 cm³/mol. The minimum atomic E-state index is -1.80. The molecule has 0 saturated carbocycles. The molecule has 0 saturated heterocycles. The molecule has 8 nitrogen and oxygen atoms in total. The third kappa shape index (κ3) is 5.35. The van der Waals surface area contributed by atoms with Crippen LogP contribution in [0.4, 0.5) is 9.18 Å². The number of ether oxygens (including phenoxy) is 1. The van der Waals surface area contributed by atoms with Gasteiger partial charge in [-0.25, -0.2) is 14.0 Å². The zero-order chi connectivity index (χ0) is 28.9. The number of carbonyl (C=O) groups is 1. The van der Waals surface area contributed by atoms with Gasteiger partial charge in [-0.05, 0) is 67.9 Å². The molecule has 3 aromatic rings. The van der Waals surface area contributed by atoms with Gasteiger partial charge < -0.3 is 9.84 Å². The van der Waals surface area contributed by atoms with E-state index in [4.69, 9.17) is 4.74 Å². The van der Waals surface area contributed by atoms with Crippen molar-refractivity contribution in [1.29, 1.82) is 0 Å². The van der Waals surface area contributed by atoms with E-state index in [0.29, 0.717) is 23.4 Å². The fraction of sp³-hybridized carbons (Fsp3) is 0.433. The molecule has 1 aromatic heterocycles. The van der Waals surface area contributed by atoms with E-state index in [1.165, 1.54) is 16.8 Å². The molecule has 0 aliphatic heterocycles. The fourth-order valence-corrected chi connectivity index (χ4v) is 5.24. The number of amides is 1. The van der Waals surface area contributed by atoms with Crippen molar-refractivity contribution in [1.82, 2.24) is 14.5 Å². The van der Waals surface area contributed by atoms with Crippen LogP contribution in [0.25, 0.3) is 16.8 Å². The molecule has 1 amide bonds. The van der Waals surface area contributed by atoms with Gasteiger partial charge in [-0.1, -0.05) is 39.0 Å². The van der Waals surface area contributed by atoms with Crippen LogP contribution in [0.1, 0.15) is 64.7 Å². The lowest BCUT2D eigenvalue weighted by Crippen LogP contribution is -2.50. The first-order valence-corrected chi connectivity index (χ1v) is 12.9. The lowest BCUT2D eigenvalue weighted by atomic mass is 9.83. The maximum Gasteiger partial charge on any atom is 0.407 e. The third-order valence-electron chi connectivity index (χ3n) is 7.33. The van der Waals surface area contributed by atoms with Crippen molar-refractivity contribution >= 4 is 6.09 Å². The number of fused-ring (bicyclic) bond motifs is 1. The Morgan fingerprint density at radius 2 is 1.82 bits per heavy atom. The van der Waals surface area contributed by atoms with Crippen molar-refractivity contribution in [2.75, 3.05) is 13.7 Å². The van der Waals surface area contributed by atoms with Crippen LogP contribution in [0, 0.1) is 0 Å². The zero-order valence-corrected chi connectivity index (χ0v) is 23.5. The molecule has 1 aliphatic rings. The SMILES string of the molecule is COc1c(-c2ccc3c(c2)CCC3(F)CN(C(=O)O)C(C)(C)C)cc(-n2ccc(=O)[nH]c2=O)cc1C(C)(C)C. The number of nitrogens with zero attached hydrogens (tertiary/aromatic N) is 2. The van der Waals surface area contributed by atoms with E-state index in [1.54, 1.807) is 33.9 Å². The van der Waals surface area contributed by atoms with Crippen LogP contribution in [-0.2, 0) is 17.5 Å². The number of aromatic amines is 1. The summed E-state index contributed by atoms with van der Waals surface area (Å²) in [6.07, 6.45) is 0.925. The van der Waals surface area contributed by atoms with Gasteiger partial charge in [0.25, 0.3) is 5.56 Å². The Kier molecular flexibility index (Phi) is 7.00. The van der Waals surface area contributed by atoms with E-state index >= 15 is 4.39 Å². The maximum atomic E-state index is 16.3. The highest BCUT2D eigenvalue weighted by molar-refractivity contribution is 5.77. The summed E-state index contributed by atoms with van der Waals surface area (Å²) in [7, 11) is 1.59. The average Bonchev–Trinajstić information content (AvgIpc) is 3.16. The van der Waals surface area contributed by atoms with Crippen LogP contribution < -0.4 is 16.0 Å². The second-order valence-corrected chi connectivity index (χ2v) is 12.2. The van der Waals surface area contributed by atoms with Gasteiger partial charge >= 0.3 is 11.8 Å². The molecule has 39 heavy (non-hydrogen) atoms. The molecule has 208 valence electrons. The molecule has 2 aromatic carbocycles. The minimum Gasteiger partial charge on any atom is -0.496 e. The Morgan fingerprint density at radius 1 is 1.13 bits per heavy atom. The first kappa shape index (κ1) is 28.1. The lowest BCUT2D eigenvalue weighted by Gasteiger charge is -2.37. The Balaban J connectivity index is 1.86. The van der Waals surface area contributed by atoms with E-state index in [1.807, 2.05) is 45.0 Å². The molecule has 2 N–H and O–H groups in total. The van der Waals surface area contributed by atoms with Crippen molar-refractivity contribution in [3.8, 4) is 22.6 Å². The number of nitrogens with one attached hydrogen (secondary N) is 1. The third-order valence-corrected chi connectivity index (χ3v) is 7.33. The topological polar surface area (TPSA) is 105 Å². The normalized spacial score (nSPS) is 17.1. The Morgan fingerprint density at radius 3 is 2.38 bits per heavy atom. The zero-order valence-electron chi connectivity index (χ0n) is 23.5. The second kappa shape index (κ2) is 9.70. The van der Waals surface area contributed by atoms with Crippen LogP contribution in [0.2, 0.25) is 0 Å². The van der Waals surface area contributed by atoms with Crippen molar-refractivity contribution in [2.24, 2.45) is 0 Å². The molecule has 1 heterocycles. The number of carboxylic acid groups (broad SMARTS) is 1. The molecular weight excluding hydrogens is 501 g/mol. The minimum absolute atomic E-state index is 0.183. The van der Waals surface area contributed by atoms with E-state index in [-0.39, 0.29) is 18.4 Å². The van der Waals surface area contributed by atoms with Crippen LogP contribution in [0.3, 0.4) is 0 Å². The summed E-state index contributed by atoms with van der Waals surface area (Å²) in [5.41, 5.74) is 0.279. The molecule has 0 spiro atoms. The Labute approximate surface area is 227 Å². The van der Waals surface area contributed by atoms with Crippen LogP contribution in [0.15, 0.2) is 52.2 Å². The van der Waals surface area contributed by atoms with E-state index in [9.17, 15) is 19.5 Å². The smallest absolute Gasteiger partial charge is 0.407 e. The van der Waals surface area contributed by atoms with Crippen molar-refractivity contribution in [2.45, 2.75) is 71.0 Å². The highest BCUT2D eigenvalue weighted by Gasteiger charge is 2.44. The van der Waals surface area contributed by atoms with Crippen molar-refractivity contribution < 1.29 is 19.0 Å². The summed E-state index contributed by atoms with van der Waals surface area (Å²) in [6.45, 7) is 11.1. The first-order chi connectivity index (χ1) is 18.0. The molecule has 1 atom stereocenters. The number of methoxy groups -OCH3 is 1. The van der Waals surface area contributed by atoms with E-state index in [2.05, 4.69) is 4.98 Å². The number of aromatic nitrogens is 2. The van der Waals surface area contributed by atoms with Gasteiger partial charge in [-0.3, -0.25) is 19.2 Å². The first-order valence-electron chi connectivity index (χ1n) is 12.9. The number of benzene rings is 2. The average molecular weight is 538 g/mol. The number of hydrogen-bond acceptors (Lipinski definition) is 4. The van der Waals surface area contributed by atoms with Crippen LogP contribution >= 0.6 is 0 Å². The van der Waals surface area contributed by atoms with Gasteiger partial charge in [-0.15, -0.1) is 0 Å². The fourth-order valence-electron chi connectivity index (χ4n) is 5.24. The van der Waals surface area contributed by atoms with Crippen LogP contribution in [0.5, 0.6) is 5.75 Å². The number of H-pyrrole nitrogens is 1. The van der Waals surface area contributed by atoms with Crippen molar-refractivity contribution in [3.05, 3.63) is 80.1 Å². The highest BCUT2D eigenvalue weighted by atomic mass is 19.1. The van der Waals surface area contributed by atoms with Crippen LogP contribution in [-0.4, -0.2) is 44.8 Å². The molecule has 1 aliphatic carbocycles. The number of rotatable bonds is 5. The van der Waals surface area contributed by atoms with Gasteiger partial charge in [0.15, 0.2) is 5.67 Å². The summed E-state index contributed by atoms with van der Waals surface area (Å²) in [4.78, 5) is 39.6. The number of hydrogen-bond donors (Lipinski definition) is 2. The summed E-state index contributed by atoms with van der Waals surface area (Å²) >= 11 is 0. The summed E-state index contributed by atoms with van der Waals surface area (Å²) in [5, 5.41) is 9.73. The predicted octanol–water partition coefficient (Wildman–Crippen LogP) is 5.39. The molecule has 0 bridgehead atoms. The van der Waals surface area contributed by atoms with Gasteiger partial charge in [0.05, 0.1) is 19.3 Å². The molecule has 1 unspecified atom stereocenters. The molecule has 0 radical (unpaired) electrons. The number of halogens is 1. The quantitative estimate of drug-likeness (QED) is 0.454. The van der Waals surface area contributed by atoms with Gasteiger partial charge in [0.1, 0.15) is 5.75 Å². The Hall–Kier alpha value is -3.88. The van der Waals surface area contributed by atoms with Gasteiger partial charge in [0.2, 0.25) is 0 Å². The maximum absolute atomic E-state index is 16.3. The monoisotopic (exact) mass is 537 g/mol. The molecular formula is C30H36FN3O5. The van der Waals surface area contributed by atoms with Gasteiger partial charge in [-0.2, -0.15) is 0 Å². The molecule has 0 fully saturated rings. The largest absolute Gasteiger partial charge is 0.496 e. The summed E-state index contributed by atoms with van der Waals surface area (Å²) < 4.78 is 23.6. The van der Waals surface area contributed by atoms with Gasteiger partial charge in [0, 0.05) is 28.9 Å². The summed E-state index contributed by atoms with van der Waals surface area (Å²) in [6, 6.07) is 10.4. The van der Waals surface area contributed by atoms with E-state index in [0.717, 1.165) is 27.2 Å². The van der Waals surface area contributed by atoms with Crippen molar-refractivity contribution in [3.63, 3.8) is 0 Å². The standard InChI is InChI=1S/C30H36FN3O5/c1-28(2,3)23-16-20(33-13-11-24(35)32-26(33)36)15-21(25(23)39-7)18-8-9-22-19(14-18)10-12-30(22,31)17-34(27(37)38)29(4,5)6/h8-9,11,13-16H,10,12,17H2,1-7H3,(H,37,38)(H,32,35,36). The highest BCUT2D eigenvalue weighted by Crippen LogP contribution is 2.46. The Bertz CT molecular complexity index is 1540. The number of alkyl halides is 1. The lowest BCUT2D eigenvalue weighted by molar-refractivity contribution is 0.0406. The summed E-state index contributed by atoms with van der Waals surface area (Å²) in [5.74, 6) is 0.637.